The lowest BCUT2D eigenvalue weighted by Gasteiger charge is -2.21. The predicted octanol–water partition coefficient (Wildman–Crippen LogP) is 3.02. The van der Waals surface area contributed by atoms with Crippen molar-refractivity contribution in [3.05, 3.63) is 52.2 Å². The topological polar surface area (TPSA) is 66.8 Å². The Morgan fingerprint density at radius 1 is 1.30 bits per heavy atom. The first-order chi connectivity index (χ1) is 11.1. The van der Waals surface area contributed by atoms with Crippen LogP contribution in [-0.2, 0) is 11.4 Å². The smallest absolute Gasteiger partial charge is 0.326 e. The van der Waals surface area contributed by atoms with Crippen LogP contribution in [0.2, 0.25) is 0 Å². The molecule has 1 amide bonds. The van der Waals surface area contributed by atoms with Gasteiger partial charge in [0.25, 0.3) is 5.91 Å². The van der Waals surface area contributed by atoms with E-state index in [1.54, 1.807) is 35.6 Å². The first-order valence-electron chi connectivity index (χ1n) is 7.44. The van der Waals surface area contributed by atoms with Crippen LogP contribution in [0.4, 0.5) is 0 Å². The van der Waals surface area contributed by atoms with Gasteiger partial charge in [0.15, 0.2) is 0 Å². The van der Waals surface area contributed by atoms with Gasteiger partial charge in [-0.05, 0) is 42.5 Å². The Labute approximate surface area is 138 Å². The van der Waals surface area contributed by atoms with Gasteiger partial charge in [-0.25, -0.2) is 4.79 Å². The van der Waals surface area contributed by atoms with Gasteiger partial charge in [0.05, 0.1) is 0 Å². The van der Waals surface area contributed by atoms with Gasteiger partial charge in [0.1, 0.15) is 18.4 Å². The molecule has 1 aliphatic heterocycles. The molecule has 6 heteroatoms. The largest absolute Gasteiger partial charge is 0.488 e. The van der Waals surface area contributed by atoms with E-state index in [9.17, 15) is 14.7 Å². The second-order valence-corrected chi connectivity index (χ2v) is 6.42. The Hall–Kier alpha value is -2.34. The summed E-state index contributed by atoms with van der Waals surface area (Å²) in [6.45, 7) is 0.937. The molecule has 1 unspecified atom stereocenters. The van der Waals surface area contributed by atoms with Gasteiger partial charge in [-0.2, -0.15) is 0 Å². The third-order valence-corrected chi connectivity index (χ3v) is 4.69. The van der Waals surface area contributed by atoms with Gasteiger partial charge in [0.2, 0.25) is 0 Å². The van der Waals surface area contributed by atoms with Gasteiger partial charge in [-0.3, -0.25) is 4.79 Å². The minimum Gasteiger partial charge on any atom is -0.488 e. The van der Waals surface area contributed by atoms with Crippen molar-refractivity contribution in [1.29, 1.82) is 0 Å². The molecule has 0 radical (unpaired) electrons. The lowest BCUT2D eigenvalue weighted by Crippen LogP contribution is -2.40. The highest BCUT2D eigenvalue weighted by Crippen LogP contribution is 2.23. The number of benzene rings is 1. The van der Waals surface area contributed by atoms with Crippen molar-refractivity contribution in [2.45, 2.75) is 25.5 Å². The molecule has 2 aromatic rings. The van der Waals surface area contributed by atoms with E-state index in [1.165, 1.54) is 4.90 Å². The van der Waals surface area contributed by atoms with Crippen LogP contribution in [0.3, 0.4) is 0 Å². The van der Waals surface area contributed by atoms with Crippen LogP contribution in [0.15, 0.2) is 41.8 Å². The van der Waals surface area contributed by atoms with Crippen molar-refractivity contribution >= 4 is 23.2 Å². The number of rotatable bonds is 5. The minimum atomic E-state index is -0.944. The molecule has 2 heterocycles. The average molecular weight is 331 g/mol. The summed E-state index contributed by atoms with van der Waals surface area (Å²) in [7, 11) is 0. The molecule has 0 aliphatic carbocycles. The third kappa shape index (κ3) is 3.53. The van der Waals surface area contributed by atoms with Gasteiger partial charge >= 0.3 is 5.97 Å². The van der Waals surface area contributed by atoms with Crippen molar-refractivity contribution in [2.24, 2.45) is 0 Å². The molecule has 1 aliphatic rings. The summed E-state index contributed by atoms with van der Waals surface area (Å²) < 4.78 is 5.70. The van der Waals surface area contributed by atoms with E-state index in [0.29, 0.717) is 30.9 Å². The number of hydrogen-bond donors (Lipinski definition) is 1. The highest BCUT2D eigenvalue weighted by molar-refractivity contribution is 7.09. The van der Waals surface area contributed by atoms with Crippen LogP contribution in [-0.4, -0.2) is 34.5 Å². The molecule has 1 aromatic carbocycles. The number of hydrogen-bond acceptors (Lipinski definition) is 4. The summed E-state index contributed by atoms with van der Waals surface area (Å²) in [6.07, 6.45) is 1.23. The maximum atomic E-state index is 12.6. The first kappa shape index (κ1) is 15.6. The van der Waals surface area contributed by atoms with E-state index >= 15 is 0 Å². The fraction of sp³-hybridized carbons (Fsp3) is 0.294. The minimum absolute atomic E-state index is 0.253. The summed E-state index contributed by atoms with van der Waals surface area (Å²) in [5, 5.41) is 11.2. The Kier molecular flexibility index (Phi) is 4.62. The summed E-state index contributed by atoms with van der Waals surface area (Å²) in [5.74, 6) is -0.590. The van der Waals surface area contributed by atoms with E-state index in [1.807, 2.05) is 17.5 Å². The number of likely N-dealkylation sites (tertiary alicyclic amines) is 1. The normalized spacial score (nSPS) is 17.2. The van der Waals surface area contributed by atoms with Crippen molar-refractivity contribution in [3.8, 4) is 5.75 Å². The second-order valence-electron chi connectivity index (χ2n) is 5.39. The quantitative estimate of drug-likeness (QED) is 0.914. The number of aliphatic carboxylic acids is 1. The molecule has 1 aromatic heterocycles. The number of ether oxygens (including phenoxy) is 1. The standard InChI is InChI=1S/C17H17NO4S/c19-16(18-8-2-7-15(18)17(20)21)12-4-1-5-13(10-12)22-11-14-6-3-9-23-14/h1,3-6,9-10,15H,2,7-8,11H2,(H,20,21). The number of amides is 1. The summed E-state index contributed by atoms with van der Waals surface area (Å²) in [4.78, 5) is 26.3. The third-order valence-electron chi connectivity index (χ3n) is 3.84. The zero-order valence-corrected chi connectivity index (χ0v) is 13.3. The van der Waals surface area contributed by atoms with Crippen molar-refractivity contribution in [2.75, 3.05) is 6.54 Å². The Morgan fingerprint density at radius 3 is 2.91 bits per heavy atom. The Balaban J connectivity index is 1.71. The van der Waals surface area contributed by atoms with E-state index < -0.39 is 12.0 Å². The van der Waals surface area contributed by atoms with Crippen molar-refractivity contribution in [3.63, 3.8) is 0 Å². The Bertz CT molecular complexity index is 698. The van der Waals surface area contributed by atoms with Gasteiger partial charge in [-0.15, -0.1) is 11.3 Å². The molecule has 23 heavy (non-hydrogen) atoms. The van der Waals surface area contributed by atoms with Gasteiger partial charge in [-0.1, -0.05) is 12.1 Å². The van der Waals surface area contributed by atoms with Crippen molar-refractivity contribution in [1.82, 2.24) is 4.90 Å². The van der Waals surface area contributed by atoms with Crippen LogP contribution < -0.4 is 4.74 Å². The predicted molar refractivity (Wildman–Crippen MR) is 86.8 cm³/mol. The molecule has 1 fully saturated rings. The molecule has 1 N–H and O–H groups in total. The van der Waals surface area contributed by atoms with E-state index in [4.69, 9.17) is 4.74 Å². The van der Waals surface area contributed by atoms with E-state index in [-0.39, 0.29) is 5.91 Å². The number of carbonyl (C=O) groups is 2. The number of thiophene rings is 1. The maximum Gasteiger partial charge on any atom is 0.326 e. The molecular formula is C17H17NO4S. The van der Waals surface area contributed by atoms with Crippen molar-refractivity contribution < 1.29 is 19.4 Å². The molecular weight excluding hydrogens is 314 g/mol. The highest BCUT2D eigenvalue weighted by Gasteiger charge is 2.34. The number of nitrogens with zero attached hydrogens (tertiary/aromatic N) is 1. The van der Waals surface area contributed by atoms with Crippen LogP contribution >= 0.6 is 11.3 Å². The second kappa shape index (κ2) is 6.83. The molecule has 1 atom stereocenters. The number of carboxylic acid groups (broad SMARTS) is 1. The number of carboxylic acids is 1. The van der Waals surface area contributed by atoms with Gasteiger partial charge < -0.3 is 14.7 Å². The zero-order chi connectivity index (χ0) is 16.2. The molecule has 1 saturated heterocycles. The zero-order valence-electron chi connectivity index (χ0n) is 12.5. The van der Waals surface area contributed by atoms with Crippen LogP contribution in [0.1, 0.15) is 28.1 Å². The lowest BCUT2D eigenvalue weighted by atomic mass is 10.1. The SMILES string of the molecule is O=C(O)C1CCCN1C(=O)c1cccc(OCc2cccs2)c1. The lowest BCUT2D eigenvalue weighted by molar-refractivity contribution is -0.141. The molecule has 120 valence electrons. The van der Waals surface area contributed by atoms with Crippen LogP contribution in [0.5, 0.6) is 5.75 Å². The summed E-state index contributed by atoms with van der Waals surface area (Å²) in [6, 6.07) is 10.1. The average Bonchev–Trinajstić information content (AvgIpc) is 3.23. The molecule has 3 rings (SSSR count). The number of carbonyl (C=O) groups excluding carboxylic acids is 1. The fourth-order valence-electron chi connectivity index (χ4n) is 2.70. The summed E-state index contributed by atoms with van der Waals surface area (Å²) in [5.41, 5.74) is 0.460. The van der Waals surface area contributed by atoms with E-state index in [0.717, 1.165) is 11.3 Å². The van der Waals surface area contributed by atoms with Crippen LogP contribution in [0, 0.1) is 0 Å². The van der Waals surface area contributed by atoms with Gasteiger partial charge in [0, 0.05) is 17.0 Å². The molecule has 0 spiro atoms. The highest BCUT2D eigenvalue weighted by atomic mass is 32.1. The Morgan fingerprint density at radius 2 is 2.17 bits per heavy atom. The molecule has 0 saturated carbocycles. The fourth-order valence-corrected chi connectivity index (χ4v) is 3.32. The van der Waals surface area contributed by atoms with Crippen LogP contribution in [0.25, 0.3) is 0 Å². The molecule has 0 bridgehead atoms. The summed E-state index contributed by atoms with van der Waals surface area (Å²) >= 11 is 1.61. The monoisotopic (exact) mass is 331 g/mol. The molecule has 5 nitrogen and oxygen atoms in total. The maximum absolute atomic E-state index is 12.6. The first-order valence-corrected chi connectivity index (χ1v) is 8.32. The van der Waals surface area contributed by atoms with E-state index in [2.05, 4.69) is 0 Å².